The molecule has 1 atom stereocenters. The summed E-state index contributed by atoms with van der Waals surface area (Å²) < 4.78 is 10.3. The van der Waals surface area contributed by atoms with Crippen molar-refractivity contribution in [2.75, 3.05) is 0 Å². The predicted octanol–water partition coefficient (Wildman–Crippen LogP) is 4.83. The van der Waals surface area contributed by atoms with Crippen molar-refractivity contribution in [3.05, 3.63) is 35.4 Å². The number of fused-ring (bicyclic) bond motifs is 2. The lowest BCUT2D eigenvalue weighted by Gasteiger charge is -2.40. The maximum atomic E-state index is 13.1. The highest BCUT2D eigenvalue weighted by molar-refractivity contribution is 6.68. The van der Waals surface area contributed by atoms with E-state index >= 15 is 0 Å². The van der Waals surface area contributed by atoms with Crippen LogP contribution in [0.5, 0.6) is 5.75 Å². The average molecular weight is 374 g/mol. The summed E-state index contributed by atoms with van der Waals surface area (Å²) in [5.74, 6) is -1.25. The largest absolute Gasteiger partial charge is 0.453 e. The molecule has 1 saturated heterocycles. The molecule has 0 aromatic heterocycles. The molecule has 1 aromatic rings. The number of halogens is 3. The fraction of sp³-hybridized carbons (Fsp3) is 0.471. The minimum Gasteiger partial charge on any atom is -0.453 e. The van der Waals surface area contributed by atoms with Gasteiger partial charge in [-0.3, -0.25) is 4.79 Å². The van der Waals surface area contributed by atoms with Crippen LogP contribution in [-0.4, -0.2) is 21.0 Å². The third-order valence-corrected chi connectivity index (χ3v) is 5.61. The number of Topliss-reactive ketones (excluding diaryl/α,β-unsaturated/α-hetero) is 1. The Morgan fingerprint density at radius 2 is 1.74 bits per heavy atom. The Bertz CT molecular complexity index is 701. The van der Waals surface area contributed by atoms with E-state index in [1.807, 2.05) is 18.2 Å². The molecule has 1 saturated carbocycles. The van der Waals surface area contributed by atoms with Crippen LogP contribution in [0.25, 0.3) is 6.08 Å². The van der Waals surface area contributed by atoms with Crippen molar-refractivity contribution in [3.8, 4) is 5.75 Å². The number of hydrogen-bond donors (Lipinski definition) is 0. The summed E-state index contributed by atoms with van der Waals surface area (Å²) in [5.41, 5.74) is 0.158. The van der Waals surface area contributed by atoms with E-state index in [0.717, 1.165) is 24.8 Å². The second kappa shape index (κ2) is 5.13. The molecule has 2 heterocycles. The van der Waals surface area contributed by atoms with Gasteiger partial charge < -0.3 is 9.47 Å². The summed E-state index contributed by atoms with van der Waals surface area (Å²) >= 11 is 18.7. The Morgan fingerprint density at radius 1 is 1.04 bits per heavy atom. The van der Waals surface area contributed by atoms with Crippen LogP contribution in [0.3, 0.4) is 0 Å². The number of carbonyl (C=O) groups excluding carboxylic acids is 1. The van der Waals surface area contributed by atoms with Crippen LogP contribution >= 0.6 is 34.8 Å². The highest BCUT2D eigenvalue weighted by Gasteiger charge is 2.69. The van der Waals surface area contributed by atoms with Crippen LogP contribution in [0, 0.1) is 0 Å². The van der Waals surface area contributed by atoms with Gasteiger partial charge in [-0.2, -0.15) is 0 Å². The van der Waals surface area contributed by atoms with Gasteiger partial charge in [0, 0.05) is 5.56 Å². The molecule has 0 radical (unpaired) electrons. The zero-order valence-corrected chi connectivity index (χ0v) is 14.5. The van der Waals surface area contributed by atoms with Gasteiger partial charge in [-0.05, 0) is 25.0 Å². The lowest BCUT2D eigenvalue weighted by atomic mass is 9.80. The molecule has 0 bridgehead atoms. The first-order valence-electron chi connectivity index (χ1n) is 7.70. The van der Waals surface area contributed by atoms with Crippen LogP contribution in [0.2, 0.25) is 0 Å². The quantitative estimate of drug-likeness (QED) is 0.611. The van der Waals surface area contributed by atoms with E-state index in [1.54, 1.807) is 12.1 Å². The minimum absolute atomic E-state index is 0.113. The third kappa shape index (κ3) is 2.17. The van der Waals surface area contributed by atoms with Gasteiger partial charge in [0.15, 0.2) is 5.78 Å². The lowest BCUT2D eigenvalue weighted by molar-refractivity contribution is -0.200. The second-order valence-corrected chi connectivity index (χ2v) is 8.58. The van der Waals surface area contributed by atoms with Crippen LogP contribution in [-0.2, 0) is 9.53 Å². The van der Waals surface area contributed by atoms with E-state index < -0.39 is 15.2 Å². The van der Waals surface area contributed by atoms with Crippen LogP contribution in [0.15, 0.2) is 29.8 Å². The molecule has 6 heteroatoms. The number of hydrogen-bond acceptors (Lipinski definition) is 3. The topological polar surface area (TPSA) is 35.5 Å². The normalized spacial score (nSPS) is 28.8. The molecule has 1 spiro atoms. The molecule has 4 rings (SSSR count). The fourth-order valence-electron chi connectivity index (χ4n) is 3.73. The second-order valence-electron chi connectivity index (χ2n) is 6.30. The summed E-state index contributed by atoms with van der Waals surface area (Å²) in [4.78, 5) is 13.1. The number of carbonyl (C=O) groups is 1. The number of alkyl halides is 3. The average Bonchev–Trinajstić information content (AvgIpc) is 2.75. The molecule has 1 aliphatic carbocycles. The van der Waals surface area contributed by atoms with Gasteiger partial charge >= 0.3 is 0 Å². The zero-order valence-electron chi connectivity index (χ0n) is 12.3. The third-order valence-electron chi connectivity index (χ3n) is 4.86. The first kappa shape index (κ1) is 15.8. The van der Waals surface area contributed by atoms with Gasteiger partial charge in [-0.1, -0.05) is 72.3 Å². The molecule has 3 aliphatic rings. The van der Waals surface area contributed by atoms with Crippen molar-refractivity contribution in [1.82, 2.24) is 0 Å². The Morgan fingerprint density at radius 3 is 2.43 bits per heavy atom. The molecule has 2 fully saturated rings. The summed E-state index contributed by atoms with van der Waals surface area (Å²) in [6.07, 6.45) is 5.92. The Balaban J connectivity index is 1.89. The first-order chi connectivity index (χ1) is 10.9. The van der Waals surface area contributed by atoms with E-state index in [-0.39, 0.29) is 5.78 Å². The van der Waals surface area contributed by atoms with Crippen molar-refractivity contribution in [1.29, 1.82) is 0 Å². The van der Waals surface area contributed by atoms with Crippen molar-refractivity contribution >= 4 is 46.7 Å². The Labute approximate surface area is 149 Å². The number of para-hydroxylation sites is 1. The summed E-state index contributed by atoms with van der Waals surface area (Å²) in [5, 5.41) is 0. The predicted molar refractivity (Wildman–Crippen MR) is 90.0 cm³/mol. The summed E-state index contributed by atoms with van der Waals surface area (Å²) in [6.45, 7) is 0. The molecular formula is C17H15Cl3O3. The molecular weight excluding hydrogens is 359 g/mol. The lowest BCUT2D eigenvalue weighted by Crippen LogP contribution is -2.52. The Hall–Kier alpha value is -0.740. The first-order valence-corrected chi connectivity index (χ1v) is 8.83. The number of rotatable bonds is 0. The van der Waals surface area contributed by atoms with Gasteiger partial charge in [-0.15, -0.1) is 0 Å². The molecule has 1 unspecified atom stereocenters. The smallest absolute Gasteiger partial charge is 0.289 e. The maximum Gasteiger partial charge on any atom is 0.289 e. The van der Waals surface area contributed by atoms with Gasteiger partial charge in [0.2, 0.25) is 0 Å². The van der Waals surface area contributed by atoms with E-state index in [9.17, 15) is 4.79 Å². The SMILES string of the molecule is O=C1C2=Cc3ccccc3OC2(C(Cl)(Cl)Cl)OC12CCCCC2. The van der Waals surface area contributed by atoms with Crippen molar-refractivity contribution < 1.29 is 14.3 Å². The molecule has 2 aliphatic heterocycles. The summed E-state index contributed by atoms with van der Waals surface area (Å²) in [6, 6.07) is 7.35. The molecule has 1 aromatic carbocycles. The van der Waals surface area contributed by atoms with Gasteiger partial charge in [0.1, 0.15) is 11.4 Å². The fourth-order valence-corrected chi connectivity index (χ4v) is 4.27. The van der Waals surface area contributed by atoms with Crippen molar-refractivity contribution in [2.24, 2.45) is 0 Å². The maximum absolute atomic E-state index is 13.1. The minimum atomic E-state index is -1.91. The molecule has 0 amide bonds. The molecule has 23 heavy (non-hydrogen) atoms. The van der Waals surface area contributed by atoms with E-state index in [4.69, 9.17) is 44.3 Å². The van der Waals surface area contributed by atoms with Crippen LogP contribution < -0.4 is 4.74 Å². The van der Waals surface area contributed by atoms with E-state index in [2.05, 4.69) is 0 Å². The number of ether oxygens (including phenoxy) is 2. The van der Waals surface area contributed by atoms with Crippen LogP contribution in [0.1, 0.15) is 37.7 Å². The highest BCUT2D eigenvalue weighted by atomic mass is 35.6. The monoisotopic (exact) mass is 372 g/mol. The van der Waals surface area contributed by atoms with Gasteiger partial charge in [0.25, 0.3) is 9.58 Å². The molecule has 3 nitrogen and oxygen atoms in total. The highest BCUT2D eigenvalue weighted by Crippen LogP contribution is 2.58. The van der Waals surface area contributed by atoms with Gasteiger partial charge in [-0.25, -0.2) is 0 Å². The van der Waals surface area contributed by atoms with Gasteiger partial charge in [0.05, 0.1) is 5.57 Å². The number of ketones is 1. The van der Waals surface area contributed by atoms with Crippen molar-refractivity contribution in [2.45, 2.75) is 47.3 Å². The van der Waals surface area contributed by atoms with Crippen molar-refractivity contribution in [3.63, 3.8) is 0 Å². The Kier molecular flexibility index (Phi) is 3.51. The molecule has 122 valence electrons. The van der Waals surface area contributed by atoms with E-state index in [0.29, 0.717) is 24.2 Å². The van der Waals surface area contributed by atoms with Crippen LogP contribution in [0.4, 0.5) is 0 Å². The zero-order chi connectivity index (χ0) is 16.3. The summed E-state index contributed by atoms with van der Waals surface area (Å²) in [7, 11) is 0. The molecule has 0 N–H and O–H groups in total. The standard InChI is InChI=1S/C17H15Cl3O3/c18-17(19,20)16-12(10-11-6-2-3-7-13(11)22-16)14(21)15(23-16)8-4-1-5-9-15/h2-3,6-7,10H,1,4-5,8-9H2. The van der Waals surface area contributed by atoms with E-state index in [1.165, 1.54) is 0 Å². The number of benzene rings is 1.